The lowest BCUT2D eigenvalue weighted by atomic mass is 10.3. The summed E-state index contributed by atoms with van der Waals surface area (Å²) in [6.45, 7) is 1.36. The van der Waals surface area contributed by atoms with E-state index < -0.39 is 26.5 Å². The van der Waals surface area contributed by atoms with Crippen LogP contribution in [0.3, 0.4) is 0 Å². The van der Waals surface area contributed by atoms with Crippen molar-refractivity contribution < 1.29 is 17.2 Å². The Morgan fingerprint density at radius 2 is 1.77 bits per heavy atom. The van der Waals surface area contributed by atoms with Crippen LogP contribution in [0.2, 0.25) is 0 Å². The zero-order valence-electron chi connectivity index (χ0n) is 13.9. The van der Waals surface area contributed by atoms with E-state index in [1.54, 1.807) is 30.3 Å². The number of anilines is 1. The van der Waals surface area contributed by atoms with E-state index in [0.29, 0.717) is 5.69 Å². The third kappa shape index (κ3) is 3.52. The number of aromatic nitrogens is 2. The van der Waals surface area contributed by atoms with Crippen LogP contribution >= 0.6 is 0 Å². The Hall–Kier alpha value is -2.94. The number of aryl methyl sites for hydroxylation is 1. The van der Waals surface area contributed by atoms with E-state index in [-0.39, 0.29) is 19.0 Å². The van der Waals surface area contributed by atoms with E-state index >= 15 is 0 Å². The number of halogens is 1. The highest BCUT2D eigenvalue weighted by molar-refractivity contribution is 7.92. The van der Waals surface area contributed by atoms with E-state index in [2.05, 4.69) is 5.10 Å². The van der Waals surface area contributed by atoms with Crippen molar-refractivity contribution in [2.45, 2.75) is 18.4 Å². The largest absolute Gasteiger partial charge is 0.437 e. The molecule has 3 rings (SSSR count). The number of benzene rings is 2. The smallest absolute Gasteiger partial charge is 0.393 e. The van der Waals surface area contributed by atoms with Crippen LogP contribution in [0.1, 0.15) is 5.89 Å². The Kier molecular flexibility index (Phi) is 4.90. The van der Waals surface area contributed by atoms with Crippen LogP contribution < -0.4 is 10.1 Å². The lowest BCUT2D eigenvalue weighted by molar-refractivity contribution is 0.459. The monoisotopic (exact) mass is 377 g/mol. The van der Waals surface area contributed by atoms with E-state index in [9.17, 15) is 17.6 Å². The van der Waals surface area contributed by atoms with Crippen molar-refractivity contribution in [3.8, 4) is 0 Å². The van der Waals surface area contributed by atoms with Crippen molar-refractivity contribution >= 4 is 15.7 Å². The first-order valence-electron chi connectivity index (χ1n) is 7.76. The molecular formula is C17H16FN3O4S. The number of rotatable bonds is 6. The molecule has 136 valence electrons. The predicted octanol–water partition coefficient (Wildman–Crippen LogP) is 2.18. The van der Waals surface area contributed by atoms with Gasteiger partial charge in [-0.15, -0.1) is 5.10 Å². The standard InChI is InChI=1S/C17H16FN3O4S/c1-13-19-20(17(22)25-13)11-12-21(14-7-3-2-4-8-14)26(23,24)16-10-6-5-9-15(16)18/h2-10H,11-12H2,1H3. The van der Waals surface area contributed by atoms with Gasteiger partial charge in [0.1, 0.15) is 10.7 Å². The molecule has 1 aromatic heterocycles. The van der Waals surface area contributed by atoms with E-state index in [1.165, 1.54) is 25.1 Å². The minimum atomic E-state index is -4.18. The Bertz CT molecular complexity index is 1060. The molecule has 7 nitrogen and oxygen atoms in total. The maximum Gasteiger partial charge on any atom is 0.437 e. The predicted molar refractivity (Wildman–Crippen MR) is 92.9 cm³/mol. The lowest BCUT2D eigenvalue weighted by Crippen LogP contribution is -2.36. The average molecular weight is 377 g/mol. The van der Waals surface area contributed by atoms with Gasteiger partial charge in [-0.3, -0.25) is 4.31 Å². The molecule has 9 heteroatoms. The van der Waals surface area contributed by atoms with Gasteiger partial charge in [-0.2, -0.15) is 4.68 Å². The fourth-order valence-electron chi connectivity index (χ4n) is 2.49. The summed E-state index contributed by atoms with van der Waals surface area (Å²) >= 11 is 0. The van der Waals surface area contributed by atoms with Gasteiger partial charge in [-0.25, -0.2) is 17.6 Å². The Morgan fingerprint density at radius 3 is 2.38 bits per heavy atom. The Morgan fingerprint density at radius 1 is 1.12 bits per heavy atom. The molecule has 2 aromatic carbocycles. The summed E-state index contributed by atoms with van der Waals surface area (Å²) in [5.41, 5.74) is 0.351. The van der Waals surface area contributed by atoms with Crippen molar-refractivity contribution in [2.24, 2.45) is 0 Å². The van der Waals surface area contributed by atoms with Gasteiger partial charge in [0.05, 0.1) is 18.8 Å². The summed E-state index contributed by atoms with van der Waals surface area (Å²) in [4.78, 5) is 11.2. The number of nitrogens with zero attached hydrogens (tertiary/aromatic N) is 3. The summed E-state index contributed by atoms with van der Waals surface area (Å²) in [6, 6.07) is 13.4. The first kappa shape index (κ1) is 17.9. The highest BCUT2D eigenvalue weighted by Crippen LogP contribution is 2.25. The number of hydrogen-bond donors (Lipinski definition) is 0. The highest BCUT2D eigenvalue weighted by Gasteiger charge is 2.27. The van der Waals surface area contributed by atoms with Crippen molar-refractivity contribution in [2.75, 3.05) is 10.8 Å². The molecule has 0 saturated heterocycles. The molecule has 0 aliphatic heterocycles. The first-order chi connectivity index (χ1) is 12.4. The SMILES string of the molecule is Cc1nn(CCN(c2ccccc2)S(=O)(=O)c2ccccc2F)c(=O)o1. The van der Waals surface area contributed by atoms with Crippen LogP contribution in [0.15, 0.2) is 68.7 Å². The van der Waals surface area contributed by atoms with Gasteiger partial charge in [0.15, 0.2) is 0 Å². The first-order valence-corrected chi connectivity index (χ1v) is 9.20. The zero-order valence-corrected chi connectivity index (χ0v) is 14.7. The van der Waals surface area contributed by atoms with Gasteiger partial charge in [0, 0.05) is 6.92 Å². The van der Waals surface area contributed by atoms with E-state index in [1.807, 2.05) is 0 Å². The molecule has 0 spiro atoms. The fourth-order valence-corrected chi connectivity index (χ4v) is 4.02. The van der Waals surface area contributed by atoms with Crippen LogP contribution in [0.25, 0.3) is 0 Å². The summed E-state index contributed by atoms with van der Waals surface area (Å²) < 4.78 is 47.0. The number of sulfonamides is 1. The van der Waals surface area contributed by atoms with Gasteiger partial charge in [0.25, 0.3) is 10.0 Å². The second-order valence-electron chi connectivity index (χ2n) is 5.45. The average Bonchev–Trinajstić information content (AvgIpc) is 2.93. The van der Waals surface area contributed by atoms with E-state index in [4.69, 9.17) is 4.42 Å². The molecule has 0 bridgehead atoms. The van der Waals surface area contributed by atoms with E-state index in [0.717, 1.165) is 15.1 Å². The van der Waals surface area contributed by atoms with Crippen molar-refractivity contribution in [3.05, 3.63) is 76.9 Å². The van der Waals surface area contributed by atoms with Gasteiger partial charge in [-0.05, 0) is 24.3 Å². The minimum absolute atomic E-state index is 0.0429. The van der Waals surface area contributed by atoms with Crippen LogP contribution in [0, 0.1) is 12.7 Å². The molecule has 0 atom stereocenters. The molecule has 0 amide bonds. The zero-order chi connectivity index (χ0) is 18.7. The summed E-state index contributed by atoms with van der Waals surface area (Å²) in [5, 5.41) is 3.89. The second-order valence-corrected chi connectivity index (χ2v) is 7.28. The maximum atomic E-state index is 14.1. The lowest BCUT2D eigenvalue weighted by Gasteiger charge is -2.24. The van der Waals surface area contributed by atoms with Crippen LogP contribution in [-0.4, -0.2) is 24.7 Å². The molecule has 0 unspecified atom stereocenters. The van der Waals surface area contributed by atoms with Crippen molar-refractivity contribution in [1.29, 1.82) is 0 Å². The number of para-hydroxylation sites is 1. The molecule has 1 heterocycles. The normalized spacial score (nSPS) is 11.5. The van der Waals surface area contributed by atoms with Gasteiger partial charge < -0.3 is 4.42 Å². The fraction of sp³-hybridized carbons (Fsp3) is 0.176. The summed E-state index contributed by atoms with van der Waals surface area (Å²) in [5.74, 6) is -1.35. The van der Waals surface area contributed by atoms with Crippen molar-refractivity contribution in [1.82, 2.24) is 9.78 Å². The van der Waals surface area contributed by atoms with Gasteiger partial charge in [-0.1, -0.05) is 30.3 Å². The van der Waals surface area contributed by atoms with Gasteiger partial charge >= 0.3 is 5.76 Å². The van der Waals surface area contributed by atoms with Gasteiger partial charge in [0.2, 0.25) is 5.89 Å². The third-order valence-corrected chi connectivity index (χ3v) is 5.53. The summed E-state index contributed by atoms with van der Waals surface area (Å²) in [7, 11) is -4.18. The molecule has 26 heavy (non-hydrogen) atoms. The van der Waals surface area contributed by atoms with Crippen molar-refractivity contribution in [3.63, 3.8) is 0 Å². The minimum Gasteiger partial charge on any atom is -0.393 e. The van der Waals surface area contributed by atoms with Crippen LogP contribution in [0.5, 0.6) is 0 Å². The molecule has 0 fully saturated rings. The number of hydrogen-bond acceptors (Lipinski definition) is 5. The topological polar surface area (TPSA) is 85.4 Å². The molecule has 0 N–H and O–H groups in total. The molecule has 0 aliphatic rings. The molecule has 0 aliphatic carbocycles. The Labute approximate surface area is 149 Å². The third-order valence-electron chi connectivity index (χ3n) is 3.67. The van der Waals surface area contributed by atoms with Crippen LogP contribution in [0.4, 0.5) is 10.1 Å². The molecular weight excluding hydrogens is 361 g/mol. The van der Waals surface area contributed by atoms with Crippen LogP contribution in [-0.2, 0) is 16.6 Å². The maximum absolute atomic E-state index is 14.1. The second kappa shape index (κ2) is 7.12. The summed E-state index contributed by atoms with van der Waals surface area (Å²) in [6.07, 6.45) is 0. The molecule has 3 aromatic rings. The quantitative estimate of drug-likeness (QED) is 0.657. The Balaban J connectivity index is 2.00. The highest BCUT2D eigenvalue weighted by atomic mass is 32.2. The molecule has 0 saturated carbocycles. The molecule has 0 radical (unpaired) electrons.